The van der Waals surface area contributed by atoms with Crippen LogP contribution >= 0.6 is 0 Å². The van der Waals surface area contributed by atoms with Gasteiger partial charge in [0.25, 0.3) is 5.91 Å². The number of benzene rings is 1. The van der Waals surface area contributed by atoms with E-state index in [-0.39, 0.29) is 23.9 Å². The number of anilines is 1. The fraction of sp³-hybridized carbons (Fsp3) is 0.385. The maximum atomic E-state index is 13.6. The van der Waals surface area contributed by atoms with Crippen molar-refractivity contribution >= 4 is 17.5 Å². The molecule has 19 heavy (non-hydrogen) atoms. The number of halogens is 1. The highest BCUT2D eigenvalue weighted by molar-refractivity contribution is 5.97. The van der Waals surface area contributed by atoms with E-state index in [2.05, 4.69) is 5.32 Å². The van der Waals surface area contributed by atoms with Crippen molar-refractivity contribution in [1.82, 2.24) is 4.90 Å². The van der Waals surface area contributed by atoms with Crippen LogP contribution in [0.1, 0.15) is 17.3 Å². The van der Waals surface area contributed by atoms with Crippen molar-refractivity contribution in [2.45, 2.75) is 6.92 Å². The first kappa shape index (κ1) is 15.1. The van der Waals surface area contributed by atoms with Crippen LogP contribution in [0.5, 0.6) is 0 Å². The monoisotopic (exact) mass is 267 g/mol. The predicted octanol–water partition coefficient (Wildman–Crippen LogP) is 1.06. The van der Waals surface area contributed by atoms with E-state index in [4.69, 9.17) is 5.73 Å². The summed E-state index contributed by atoms with van der Waals surface area (Å²) in [5, 5.41) is 2.60. The van der Waals surface area contributed by atoms with Gasteiger partial charge in [-0.2, -0.15) is 0 Å². The van der Waals surface area contributed by atoms with Crippen molar-refractivity contribution in [2.24, 2.45) is 11.7 Å². The topological polar surface area (TPSA) is 75.4 Å². The van der Waals surface area contributed by atoms with Gasteiger partial charge in [-0.05, 0) is 18.2 Å². The van der Waals surface area contributed by atoms with E-state index in [1.54, 1.807) is 6.92 Å². The van der Waals surface area contributed by atoms with Crippen LogP contribution in [0.15, 0.2) is 18.2 Å². The molecule has 0 radical (unpaired) electrons. The second-order valence-electron chi connectivity index (χ2n) is 4.52. The molecule has 1 rings (SSSR count). The van der Waals surface area contributed by atoms with Crippen LogP contribution in [0, 0.1) is 11.7 Å². The van der Waals surface area contributed by atoms with Gasteiger partial charge in [0, 0.05) is 32.2 Å². The second-order valence-corrected chi connectivity index (χ2v) is 4.52. The zero-order valence-corrected chi connectivity index (χ0v) is 11.2. The summed E-state index contributed by atoms with van der Waals surface area (Å²) in [5.41, 5.74) is 5.68. The lowest BCUT2D eigenvalue weighted by atomic mass is 10.1. The zero-order chi connectivity index (χ0) is 14.6. The van der Waals surface area contributed by atoms with Crippen LogP contribution in [-0.2, 0) is 4.79 Å². The Bertz CT molecular complexity index is 489. The number of carbonyl (C=O) groups excluding carboxylic acids is 2. The number of nitrogens with zero attached hydrogens (tertiary/aromatic N) is 1. The molecule has 0 aromatic heterocycles. The number of rotatable bonds is 4. The van der Waals surface area contributed by atoms with Gasteiger partial charge in [-0.25, -0.2) is 4.39 Å². The molecule has 1 unspecified atom stereocenters. The molecule has 1 atom stereocenters. The molecule has 3 N–H and O–H groups in total. The first-order valence-corrected chi connectivity index (χ1v) is 5.89. The van der Waals surface area contributed by atoms with Crippen LogP contribution in [0.4, 0.5) is 10.1 Å². The summed E-state index contributed by atoms with van der Waals surface area (Å²) in [5.74, 6) is -1.69. The number of nitrogens with two attached hydrogens (primary N) is 1. The Hall–Kier alpha value is -1.95. The third-order valence-corrected chi connectivity index (χ3v) is 2.67. The standard InChI is InChI=1S/C13H18FN3O2/c1-8(7-15)12(18)16-9-4-5-11(14)10(6-9)13(19)17(2)3/h4-6,8H,7,15H2,1-3H3,(H,16,18). The number of amides is 2. The van der Waals surface area contributed by atoms with Gasteiger partial charge in [-0.3, -0.25) is 9.59 Å². The predicted molar refractivity (Wildman–Crippen MR) is 71.3 cm³/mol. The minimum absolute atomic E-state index is 0.0804. The second kappa shape index (κ2) is 6.29. The Morgan fingerprint density at radius 1 is 1.42 bits per heavy atom. The van der Waals surface area contributed by atoms with Crippen molar-refractivity contribution in [1.29, 1.82) is 0 Å². The molecule has 104 valence electrons. The van der Waals surface area contributed by atoms with E-state index >= 15 is 0 Å². The third kappa shape index (κ3) is 3.75. The molecule has 0 fully saturated rings. The highest BCUT2D eigenvalue weighted by Crippen LogP contribution is 2.16. The van der Waals surface area contributed by atoms with Crippen LogP contribution in [0.2, 0.25) is 0 Å². The van der Waals surface area contributed by atoms with Crippen molar-refractivity contribution in [2.75, 3.05) is 26.0 Å². The molecule has 1 aromatic carbocycles. The van der Waals surface area contributed by atoms with Gasteiger partial charge >= 0.3 is 0 Å². The normalized spacial score (nSPS) is 11.8. The molecule has 0 bridgehead atoms. The van der Waals surface area contributed by atoms with Gasteiger partial charge in [0.15, 0.2) is 0 Å². The maximum Gasteiger partial charge on any atom is 0.256 e. The van der Waals surface area contributed by atoms with Crippen molar-refractivity contribution in [3.8, 4) is 0 Å². The molecule has 0 heterocycles. The third-order valence-electron chi connectivity index (χ3n) is 2.67. The first-order valence-electron chi connectivity index (χ1n) is 5.89. The van der Waals surface area contributed by atoms with Crippen LogP contribution < -0.4 is 11.1 Å². The number of hydrogen-bond donors (Lipinski definition) is 2. The molecular formula is C13H18FN3O2. The number of hydrogen-bond acceptors (Lipinski definition) is 3. The Morgan fingerprint density at radius 3 is 2.58 bits per heavy atom. The van der Waals surface area contributed by atoms with E-state index in [1.165, 1.54) is 31.1 Å². The minimum atomic E-state index is -0.622. The molecule has 0 saturated carbocycles. The summed E-state index contributed by atoms with van der Waals surface area (Å²) in [7, 11) is 3.06. The first-order chi connectivity index (χ1) is 8.86. The summed E-state index contributed by atoms with van der Waals surface area (Å²) in [6.07, 6.45) is 0. The Kier molecular flexibility index (Phi) is 5.00. The van der Waals surface area contributed by atoms with E-state index in [0.717, 1.165) is 6.07 Å². The molecular weight excluding hydrogens is 249 g/mol. The van der Waals surface area contributed by atoms with Crippen LogP contribution in [0.3, 0.4) is 0 Å². The van der Waals surface area contributed by atoms with Crippen molar-refractivity contribution in [3.63, 3.8) is 0 Å². The molecule has 2 amide bonds. The fourth-order valence-electron chi connectivity index (χ4n) is 1.38. The molecule has 0 aliphatic heterocycles. The van der Waals surface area contributed by atoms with Gasteiger partial charge in [0.05, 0.1) is 5.56 Å². The van der Waals surface area contributed by atoms with Crippen LogP contribution in [0.25, 0.3) is 0 Å². The lowest BCUT2D eigenvalue weighted by molar-refractivity contribution is -0.119. The number of nitrogens with one attached hydrogen (secondary N) is 1. The van der Waals surface area contributed by atoms with Gasteiger partial charge in [0.1, 0.15) is 5.82 Å². The van der Waals surface area contributed by atoms with E-state index < -0.39 is 11.7 Å². The molecule has 5 nitrogen and oxygen atoms in total. The SMILES string of the molecule is CC(CN)C(=O)Nc1ccc(F)c(C(=O)N(C)C)c1. The summed E-state index contributed by atoms with van der Waals surface area (Å²) < 4.78 is 13.6. The maximum absolute atomic E-state index is 13.6. The quantitative estimate of drug-likeness (QED) is 0.856. The number of carbonyl (C=O) groups is 2. The lowest BCUT2D eigenvalue weighted by Crippen LogP contribution is -2.27. The molecule has 0 aliphatic carbocycles. The fourth-order valence-corrected chi connectivity index (χ4v) is 1.38. The summed E-state index contributed by atoms with van der Waals surface area (Å²) in [6, 6.07) is 3.88. The Labute approximate surface area is 111 Å². The highest BCUT2D eigenvalue weighted by atomic mass is 19.1. The van der Waals surface area contributed by atoms with E-state index in [9.17, 15) is 14.0 Å². The van der Waals surface area contributed by atoms with E-state index in [0.29, 0.717) is 5.69 Å². The van der Waals surface area contributed by atoms with Crippen molar-refractivity contribution < 1.29 is 14.0 Å². The van der Waals surface area contributed by atoms with Crippen LogP contribution in [-0.4, -0.2) is 37.4 Å². The average Bonchev–Trinajstić information content (AvgIpc) is 2.38. The van der Waals surface area contributed by atoms with Crippen molar-refractivity contribution in [3.05, 3.63) is 29.6 Å². The summed E-state index contributed by atoms with van der Waals surface area (Å²) >= 11 is 0. The molecule has 0 saturated heterocycles. The Balaban J connectivity index is 2.97. The Morgan fingerprint density at radius 2 is 2.05 bits per heavy atom. The molecule has 6 heteroatoms. The largest absolute Gasteiger partial charge is 0.345 e. The zero-order valence-electron chi connectivity index (χ0n) is 11.2. The summed E-state index contributed by atoms with van der Waals surface area (Å²) in [4.78, 5) is 24.7. The van der Waals surface area contributed by atoms with E-state index in [1.807, 2.05) is 0 Å². The highest BCUT2D eigenvalue weighted by Gasteiger charge is 2.16. The smallest absolute Gasteiger partial charge is 0.256 e. The molecule has 1 aromatic rings. The lowest BCUT2D eigenvalue weighted by Gasteiger charge is -2.14. The van der Waals surface area contributed by atoms with Gasteiger partial charge in [-0.15, -0.1) is 0 Å². The molecule has 0 spiro atoms. The summed E-state index contributed by atoms with van der Waals surface area (Å²) in [6.45, 7) is 1.90. The van der Waals surface area contributed by atoms with Gasteiger partial charge in [-0.1, -0.05) is 6.92 Å². The average molecular weight is 267 g/mol. The van der Waals surface area contributed by atoms with Gasteiger partial charge < -0.3 is 16.0 Å². The van der Waals surface area contributed by atoms with Gasteiger partial charge in [0.2, 0.25) is 5.91 Å². The minimum Gasteiger partial charge on any atom is -0.345 e. The molecule has 0 aliphatic rings.